The van der Waals surface area contributed by atoms with Crippen molar-refractivity contribution in [3.05, 3.63) is 0 Å². The van der Waals surface area contributed by atoms with Gasteiger partial charge in [0.2, 0.25) is 0 Å². The van der Waals surface area contributed by atoms with Crippen molar-refractivity contribution in [2.75, 3.05) is 7.05 Å². The summed E-state index contributed by atoms with van der Waals surface area (Å²) in [5.74, 6) is 0.695. The van der Waals surface area contributed by atoms with Crippen molar-refractivity contribution >= 4 is 5.91 Å². The number of rotatable bonds is 1. The summed E-state index contributed by atoms with van der Waals surface area (Å²) in [5, 5.41) is 12.2. The van der Waals surface area contributed by atoms with Gasteiger partial charge in [-0.2, -0.15) is 0 Å². The Morgan fingerprint density at radius 3 is 2.47 bits per heavy atom. The van der Waals surface area contributed by atoms with Gasteiger partial charge in [0.25, 0.3) is 0 Å². The molecule has 1 aliphatic heterocycles. The molecule has 1 amide bonds. The molecule has 4 heteroatoms. The predicted molar refractivity (Wildman–Crippen MR) is 74.4 cm³/mol. The van der Waals surface area contributed by atoms with Crippen LogP contribution < -0.4 is 0 Å². The average molecular weight is 269 g/mol. The molecule has 19 heavy (non-hydrogen) atoms. The number of nitrogens with zero attached hydrogens (tertiary/aromatic N) is 2. The smallest absolute Gasteiger partial charge is 0.307 e. The van der Waals surface area contributed by atoms with E-state index < -0.39 is 11.2 Å². The lowest BCUT2D eigenvalue weighted by molar-refractivity contribution is -0.918. The summed E-state index contributed by atoms with van der Waals surface area (Å²) in [6.45, 7) is 10.1. The molecule has 1 saturated heterocycles. The second-order valence-corrected chi connectivity index (χ2v) is 7.53. The van der Waals surface area contributed by atoms with Gasteiger partial charge in [-0.15, -0.1) is 5.06 Å². The first-order chi connectivity index (χ1) is 8.60. The molecular weight excluding hydrogens is 240 g/mol. The number of hydrogen-bond donors (Lipinski definition) is 1. The van der Waals surface area contributed by atoms with Crippen LogP contribution in [0.1, 0.15) is 60.3 Å². The van der Waals surface area contributed by atoms with Crippen LogP contribution in [-0.2, 0) is 4.79 Å². The van der Waals surface area contributed by atoms with Crippen LogP contribution in [0.25, 0.3) is 0 Å². The van der Waals surface area contributed by atoms with Gasteiger partial charge in [-0.3, -0.25) is 0 Å². The van der Waals surface area contributed by atoms with Gasteiger partial charge in [-0.05, 0) is 40.0 Å². The molecule has 2 aliphatic rings. The van der Waals surface area contributed by atoms with Gasteiger partial charge in [-0.25, -0.2) is 9.28 Å². The van der Waals surface area contributed by atoms with Gasteiger partial charge < -0.3 is 5.21 Å². The maximum atomic E-state index is 13.0. The first-order valence-electron chi connectivity index (χ1n) is 7.51. The lowest BCUT2D eigenvalue weighted by Crippen LogP contribution is -2.68. The predicted octanol–water partition coefficient (Wildman–Crippen LogP) is 2.76. The van der Waals surface area contributed by atoms with E-state index in [9.17, 15) is 10.0 Å². The number of carbonyl (C=O) groups is 1. The highest BCUT2D eigenvalue weighted by atomic mass is 16.5. The fourth-order valence-electron chi connectivity index (χ4n) is 4.39. The molecule has 0 aromatic heterocycles. The topological polar surface area (TPSA) is 40.5 Å². The molecule has 2 rings (SSSR count). The largest absolute Gasteiger partial charge is 0.337 e. The highest BCUT2D eigenvalue weighted by molar-refractivity contribution is 5.81. The van der Waals surface area contributed by atoms with Crippen LogP contribution in [0.2, 0.25) is 0 Å². The first-order valence-corrected chi connectivity index (χ1v) is 7.51. The number of quaternary nitrogens is 1. The third-order valence-electron chi connectivity index (χ3n) is 5.72. The average Bonchev–Trinajstić information content (AvgIpc) is 2.43. The van der Waals surface area contributed by atoms with Crippen LogP contribution in [0.15, 0.2) is 0 Å². The molecule has 0 bridgehead atoms. The van der Waals surface area contributed by atoms with Crippen molar-refractivity contribution in [2.45, 2.75) is 77.5 Å². The van der Waals surface area contributed by atoms with Gasteiger partial charge in [0.1, 0.15) is 0 Å². The van der Waals surface area contributed by atoms with Crippen molar-refractivity contribution in [2.24, 2.45) is 5.92 Å². The van der Waals surface area contributed by atoms with E-state index in [2.05, 4.69) is 20.8 Å². The highest BCUT2D eigenvalue weighted by Crippen LogP contribution is 2.52. The molecule has 0 radical (unpaired) electrons. The number of hydrogen-bond acceptors (Lipinski definition) is 3. The van der Waals surface area contributed by atoms with Crippen LogP contribution in [0.3, 0.4) is 0 Å². The zero-order chi connectivity index (χ0) is 14.6. The van der Waals surface area contributed by atoms with Gasteiger partial charge >= 0.3 is 5.91 Å². The van der Waals surface area contributed by atoms with E-state index in [0.29, 0.717) is 10.4 Å². The zero-order valence-electron chi connectivity index (χ0n) is 13.2. The third kappa shape index (κ3) is 1.66. The van der Waals surface area contributed by atoms with E-state index in [1.54, 1.807) is 0 Å². The summed E-state index contributed by atoms with van der Waals surface area (Å²) in [4.78, 5) is 13.0. The molecule has 1 N–H and O–H groups in total. The number of carbonyl (C=O) groups excluding carboxylic acids is 1. The van der Waals surface area contributed by atoms with E-state index >= 15 is 0 Å². The summed E-state index contributed by atoms with van der Waals surface area (Å²) in [6, 6.07) is 0.175. The molecule has 3 atom stereocenters. The maximum absolute atomic E-state index is 13.0. The lowest BCUT2D eigenvalue weighted by Gasteiger charge is -2.50. The minimum atomic E-state index is -0.796. The first kappa shape index (κ1) is 14.9. The minimum Gasteiger partial charge on any atom is -0.307 e. The van der Waals surface area contributed by atoms with E-state index in [0.717, 1.165) is 19.3 Å². The molecule has 1 saturated carbocycles. The Bertz CT molecular complexity index is 394. The van der Waals surface area contributed by atoms with Crippen molar-refractivity contribution < 1.29 is 14.5 Å². The van der Waals surface area contributed by atoms with Crippen LogP contribution in [0.5, 0.6) is 0 Å². The molecule has 1 heterocycles. The molecule has 110 valence electrons. The summed E-state index contributed by atoms with van der Waals surface area (Å²) < 4.78 is 0.334. The molecule has 2 fully saturated rings. The zero-order valence-corrected chi connectivity index (χ0v) is 13.2. The summed E-state index contributed by atoms with van der Waals surface area (Å²) in [7, 11) is 2.02. The lowest BCUT2D eigenvalue weighted by atomic mass is 9.79. The van der Waals surface area contributed by atoms with Crippen molar-refractivity contribution in [3.8, 4) is 0 Å². The molecular formula is C15H29N2O2+. The standard InChI is InChI=1S/C15H29N2O2/c1-11(2)17(6)13(18)14(4,5)16(19)15(17)9-7-8-12(3)10-15/h11-12,19H,7-10H2,1-6H3/q+1. The summed E-state index contributed by atoms with van der Waals surface area (Å²) in [5.41, 5.74) is -1.23. The van der Waals surface area contributed by atoms with Gasteiger partial charge in [-0.1, -0.05) is 13.3 Å². The SMILES string of the molecule is CC1CCCC2(C1)N(O)C(C)(C)C(=O)[N+]2(C)C(C)C. The van der Waals surface area contributed by atoms with Crippen LogP contribution in [-0.4, -0.2) is 45.0 Å². The monoisotopic (exact) mass is 269 g/mol. The Hall–Kier alpha value is -0.450. The minimum absolute atomic E-state index is 0.138. The van der Waals surface area contributed by atoms with Crippen LogP contribution in [0.4, 0.5) is 0 Å². The van der Waals surface area contributed by atoms with E-state index in [1.807, 2.05) is 20.9 Å². The molecule has 3 unspecified atom stereocenters. The van der Waals surface area contributed by atoms with Crippen LogP contribution >= 0.6 is 0 Å². The Morgan fingerprint density at radius 1 is 1.42 bits per heavy atom. The molecule has 1 spiro atoms. The number of hydroxylamine groups is 2. The summed E-state index contributed by atoms with van der Waals surface area (Å²) in [6.07, 6.45) is 4.08. The van der Waals surface area contributed by atoms with Gasteiger partial charge in [0, 0.05) is 12.8 Å². The van der Waals surface area contributed by atoms with E-state index in [-0.39, 0.29) is 11.9 Å². The number of amides is 1. The second-order valence-electron chi connectivity index (χ2n) is 7.53. The Labute approximate surface area is 116 Å². The summed E-state index contributed by atoms with van der Waals surface area (Å²) >= 11 is 0. The second kappa shape index (κ2) is 4.27. The normalized spacial score (nSPS) is 43.4. The quantitative estimate of drug-likeness (QED) is 0.744. The molecule has 1 aliphatic carbocycles. The Morgan fingerprint density at radius 2 is 2.00 bits per heavy atom. The Balaban J connectivity index is 2.58. The van der Waals surface area contributed by atoms with Crippen molar-refractivity contribution in [1.82, 2.24) is 5.06 Å². The van der Waals surface area contributed by atoms with Gasteiger partial charge in [0.15, 0.2) is 11.2 Å². The molecule has 4 nitrogen and oxygen atoms in total. The Kier molecular flexibility index (Phi) is 3.36. The van der Waals surface area contributed by atoms with Crippen LogP contribution in [0, 0.1) is 5.92 Å². The van der Waals surface area contributed by atoms with E-state index in [1.165, 1.54) is 11.5 Å². The highest BCUT2D eigenvalue weighted by Gasteiger charge is 2.72. The van der Waals surface area contributed by atoms with Crippen molar-refractivity contribution in [1.29, 1.82) is 0 Å². The third-order valence-corrected chi connectivity index (χ3v) is 5.72. The fraction of sp³-hybridized carbons (Fsp3) is 0.933. The maximum Gasteiger partial charge on any atom is 0.337 e. The molecule has 0 aromatic rings. The van der Waals surface area contributed by atoms with Gasteiger partial charge in [0.05, 0.1) is 13.1 Å². The van der Waals surface area contributed by atoms with Crippen molar-refractivity contribution in [3.63, 3.8) is 0 Å². The fourth-order valence-corrected chi connectivity index (χ4v) is 4.39. The number of likely N-dealkylation sites (N-methyl/N-ethyl adjacent to an activating group) is 1. The molecule has 0 aromatic carbocycles. The van der Waals surface area contributed by atoms with E-state index in [4.69, 9.17) is 0 Å².